The molecule has 1 aromatic heterocycles. The van der Waals surface area contributed by atoms with Gasteiger partial charge >= 0.3 is 11.0 Å². The summed E-state index contributed by atoms with van der Waals surface area (Å²) in [5, 5.41) is 0. The van der Waals surface area contributed by atoms with Gasteiger partial charge in [-0.15, -0.1) is 0 Å². The average molecular weight is 366 g/mol. The molecule has 0 aliphatic rings. The van der Waals surface area contributed by atoms with Crippen LogP contribution < -0.4 is 9.60 Å². The van der Waals surface area contributed by atoms with E-state index in [1.54, 1.807) is 6.92 Å². The smallest absolute Gasteiger partial charge is 0.315 e. The first-order chi connectivity index (χ1) is 10.6. The van der Waals surface area contributed by atoms with E-state index in [4.69, 9.17) is 0 Å². The van der Waals surface area contributed by atoms with Gasteiger partial charge in [-0.05, 0) is 24.1 Å². The number of nitrogens with one attached hydrogen (secondary N) is 2. The summed E-state index contributed by atoms with van der Waals surface area (Å²) in [4.78, 5) is 13.3. The molecule has 0 spiro atoms. The molecule has 0 amide bonds. The maximum absolute atomic E-state index is 12.5. The van der Waals surface area contributed by atoms with E-state index in [1.165, 1.54) is 12.1 Å². The topological polar surface area (TPSA) is 79.0 Å². The number of hydrogen-bond acceptors (Lipinski definition) is 4. The zero-order valence-corrected chi connectivity index (χ0v) is 13.5. The first-order valence-electron chi connectivity index (χ1n) is 6.51. The summed E-state index contributed by atoms with van der Waals surface area (Å²) in [5.41, 5.74) is -0.122. The largest absolute Gasteiger partial charge is 0.416 e. The lowest BCUT2D eigenvalue weighted by Gasteiger charge is -2.09. The van der Waals surface area contributed by atoms with Gasteiger partial charge in [0.25, 0.3) is 10.0 Å². The molecule has 0 radical (unpaired) electrons. The quantitative estimate of drug-likeness (QED) is 0.853. The maximum Gasteiger partial charge on any atom is 0.416 e. The fourth-order valence-electron chi connectivity index (χ4n) is 1.85. The molecule has 5 nitrogen and oxygen atoms in total. The van der Waals surface area contributed by atoms with Crippen LogP contribution in [0.3, 0.4) is 0 Å². The van der Waals surface area contributed by atoms with Gasteiger partial charge in [-0.25, -0.2) is 13.1 Å². The van der Waals surface area contributed by atoms with Crippen molar-refractivity contribution < 1.29 is 21.6 Å². The highest BCUT2D eigenvalue weighted by Crippen LogP contribution is 2.29. The van der Waals surface area contributed by atoms with Crippen molar-refractivity contribution in [3.63, 3.8) is 0 Å². The molecule has 0 aliphatic carbocycles. The van der Waals surface area contributed by atoms with E-state index < -0.39 is 26.6 Å². The van der Waals surface area contributed by atoms with Crippen LogP contribution in [-0.2, 0) is 29.2 Å². The summed E-state index contributed by atoms with van der Waals surface area (Å²) >= 11 is 0.577. The average Bonchev–Trinajstić information content (AvgIpc) is 2.87. The molecule has 2 rings (SSSR count). The summed E-state index contributed by atoms with van der Waals surface area (Å²) in [6, 6.07) is 4.17. The van der Waals surface area contributed by atoms with Gasteiger partial charge in [0, 0.05) is 12.2 Å². The predicted molar refractivity (Wildman–Crippen MR) is 79.8 cm³/mol. The first-order valence-corrected chi connectivity index (χ1v) is 8.81. The van der Waals surface area contributed by atoms with E-state index in [-0.39, 0.29) is 10.8 Å². The molecular weight excluding hydrogens is 353 g/mol. The molecule has 1 heterocycles. The minimum Gasteiger partial charge on any atom is -0.315 e. The lowest BCUT2D eigenvalue weighted by Crippen LogP contribution is -2.23. The minimum atomic E-state index is -4.44. The Labute approximate surface area is 134 Å². The second-order valence-corrected chi connectivity index (χ2v) is 7.60. The minimum absolute atomic E-state index is 0.100. The van der Waals surface area contributed by atoms with Crippen molar-refractivity contribution in [1.82, 2.24) is 9.71 Å². The Morgan fingerprint density at radius 2 is 1.83 bits per heavy atom. The SMILES string of the molecule is CCc1[nH]c(=O)sc1S(=O)(=O)NCc1ccc(C(F)(F)F)cc1. The van der Waals surface area contributed by atoms with Crippen molar-refractivity contribution in [3.05, 3.63) is 50.8 Å². The van der Waals surface area contributed by atoms with Crippen molar-refractivity contribution in [1.29, 1.82) is 0 Å². The van der Waals surface area contributed by atoms with E-state index in [0.717, 1.165) is 12.1 Å². The number of aromatic nitrogens is 1. The Kier molecular flexibility index (Phi) is 4.97. The zero-order chi connectivity index (χ0) is 17.3. The van der Waals surface area contributed by atoms with Gasteiger partial charge in [0.05, 0.1) is 5.56 Å². The first kappa shape index (κ1) is 17.7. The van der Waals surface area contributed by atoms with Crippen LogP contribution in [0, 0.1) is 0 Å². The van der Waals surface area contributed by atoms with Gasteiger partial charge in [-0.1, -0.05) is 30.4 Å². The third-order valence-electron chi connectivity index (χ3n) is 3.03. The maximum atomic E-state index is 12.5. The van der Waals surface area contributed by atoms with Crippen LogP contribution in [-0.4, -0.2) is 13.4 Å². The Balaban J connectivity index is 2.15. The Bertz CT molecular complexity index is 837. The predicted octanol–water partition coefficient (Wildman–Crippen LogP) is 2.50. The van der Waals surface area contributed by atoms with Crippen LogP contribution in [0.15, 0.2) is 33.3 Å². The van der Waals surface area contributed by atoms with Gasteiger partial charge in [-0.2, -0.15) is 13.2 Å². The molecule has 0 saturated carbocycles. The number of hydrogen-bond donors (Lipinski definition) is 2. The van der Waals surface area contributed by atoms with E-state index in [1.807, 2.05) is 0 Å². The van der Waals surface area contributed by atoms with Gasteiger partial charge in [-0.3, -0.25) is 4.79 Å². The molecular formula is C13H13F3N2O3S2. The molecule has 0 fully saturated rings. The summed E-state index contributed by atoms with van der Waals surface area (Å²) in [5.74, 6) is 0. The van der Waals surface area contributed by atoms with Crippen LogP contribution in [0.2, 0.25) is 0 Å². The number of aromatic amines is 1. The summed E-state index contributed by atoms with van der Waals surface area (Å²) in [7, 11) is -3.90. The Hall–Kier alpha value is -1.65. The van der Waals surface area contributed by atoms with Crippen LogP contribution in [0.4, 0.5) is 13.2 Å². The van der Waals surface area contributed by atoms with Crippen molar-refractivity contribution in [2.75, 3.05) is 0 Å². The number of aryl methyl sites for hydroxylation is 1. The van der Waals surface area contributed by atoms with E-state index in [0.29, 0.717) is 29.0 Å². The molecule has 0 atom stereocenters. The monoisotopic (exact) mass is 366 g/mol. The highest BCUT2D eigenvalue weighted by Gasteiger charge is 2.30. The molecule has 10 heteroatoms. The fourth-order valence-corrected chi connectivity index (χ4v) is 4.36. The number of benzene rings is 1. The number of sulfonamides is 1. The number of rotatable bonds is 5. The molecule has 2 aromatic rings. The standard InChI is InChI=1S/C13H13F3N2O3S2/c1-2-10-11(22-12(19)18-10)23(20,21)17-7-8-3-5-9(6-4-8)13(14,15)16/h3-6,17H,2,7H2,1H3,(H,18,19). The van der Waals surface area contributed by atoms with Gasteiger partial charge in [0.2, 0.25) is 0 Å². The second-order valence-electron chi connectivity index (χ2n) is 4.65. The van der Waals surface area contributed by atoms with Gasteiger partial charge in [0.15, 0.2) is 4.21 Å². The molecule has 0 saturated heterocycles. The molecule has 2 N–H and O–H groups in total. The highest BCUT2D eigenvalue weighted by atomic mass is 32.2. The summed E-state index contributed by atoms with van der Waals surface area (Å²) < 4.78 is 63.9. The molecule has 23 heavy (non-hydrogen) atoms. The van der Waals surface area contributed by atoms with Crippen molar-refractivity contribution >= 4 is 21.4 Å². The molecule has 0 bridgehead atoms. The number of thiazole rings is 1. The normalized spacial score (nSPS) is 12.5. The summed E-state index contributed by atoms with van der Waals surface area (Å²) in [6.45, 7) is 1.53. The van der Waals surface area contributed by atoms with Crippen molar-refractivity contribution in [2.45, 2.75) is 30.3 Å². The van der Waals surface area contributed by atoms with E-state index >= 15 is 0 Å². The number of H-pyrrole nitrogens is 1. The lowest BCUT2D eigenvalue weighted by atomic mass is 10.1. The molecule has 0 unspecified atom stereocenters. The molecule has 0 aliphatic heterocycles. The number of alkyl halides is 3. The Morgan fingerprint density at radius 1 is 1.22 bits per heavy atom. The second kappa shape index (κ2) is 6.46. The third kappa shape index (κ3) is 4.21. The fraction of sp³-hybridized carbons (Fsp3) is 0.308. The van der Waals surface area contributed by atoms with Crippen molar-refractivity contribution in [2.24, 2.45) is 0 Å². The lowest BCUT2D eigenvalue weighted by molar-refractivity contribution is -0.137. The number of halogens is 3. The summed E-state index contributed by atoms with van der Waals surface area (Å²) in [6.07, 6.45) is -4.10. The van der Waals surface area contributed by atoms with Gasteiger partial charge < -0.3 is 4.98 Å². The van der Waals surface area contributed by atoms with Crippen molar-refractivity contribution in [3.8, 4) is 0 Å². The highest BCUT2D eigenvalue weighted by molar-refractivity contribution is 7.91. The Morgan fingerprint density at radius 3 is 2.35 bits per heavy atom. The van der Waals surface area contributed by atoms with E-state index in [2.05, 4.69) is 9.71 Å². The molecule has 1 aromatic carbocycles. The van der Waals surface area contributed by atoms with E-state index in [9.17, 15) is 26.4 Å². The third-order valence-corrected chi connectivity index (χ3v) is 5.92. The van der Waals surface area contributed by atoms with Crippen LogP contribution >= 0.6 is 11.3 Å². The van der Waals surface area contributed by atoms with Gasteiger partial charge in [0.1, 0.15) is 0 Å². The molecule has 126 valence electrons. The van der Waals surface area contributed by atoms with Crippen LogP contribution in [0.5, 0.6) is 0 Å². The van der Waals surface area contributed by atoms with Crippen LogP contribution in [0.25, 0.3) is 0 Å². The zero-order valence-electron chi connectivity index (χ0n) is 11.9. The van der Waals surface area contributed by atoms with Crippen LogP contribution in [0.1, 0.15) is 23.7 Å².